The fourth-order valence-corrected chi connectivity index (χ4v) is 2.61. The number of halogens is 1. The van der Waals surface area contributed by atoms with Gasteiger partial charge < -0.3 is 10.1 Å². The van der Waals surface area contributed by atoms with Crippen molar-refractivity contribution in [3.05, 3.63) is 51.7 Å². The molecule has 0 fully saturated rings. The van der Waals surface area contributed by atoms with Crippen LogP contribution in [0.3, 0.4) is 0 Å². The molecule has 0 saturated heterocycles. The number of nitrogens with zero attached hydrogens (tertiary/aromatic N) is 1. The number of nitrogens with one attached hydrogen (secondary N) is 1. The molecule has 112 valence electrons. The van der Waals surface area contributed by atoms with E-state index in [0.717, 1.165) is 10.6 Å². The highest BCUT2D eigenvalue weighted by Gasteiger charge is 2.22. The summed E-state index contributed by atoms with van der Waals surface area (Å²) < 4.78 is 18.4. The Bertz CT molecular complexity index is 627. The number of carbonyl (C=O) groups is 1. The zero-order chi connectivity index (χ0) is 15.5. The Morgan fingerprint density at radius 3 is 2.81 bits per heavy atom. The minimum Gasteiger partial charge on any atom is -0.465 e. The molecule has 0 amide bonds. The predicted molar refractivity (Wildman–Crippen MR) is 79.7 cm³/mol. The second-order valence-corrected chi connectivity index (χ2v) is 6.02. The van der Waals surface area contributed by atoms with Gasteiger partial charge in [-0.2, -0.15) is 0 Å². The van der Waals surface area contributed by atoms with Gasteiger partial charge in [0.15, 0.2) is 0 Å². The predicted octanol–water partition coefficient (Wildman–Crippen LogP) is 3.09. The lowest BCUT2D eigenvalue weighted by molar-refractivity contribution is 0.0595. The second kappa shape index (κ2) is 6.32. The van der Waals surface area contributed by atoms with E-state index in [0.29, 0.717) is 6.54 Å². The number of carbonyl (C=O) groups excluding carboxylic acids is 1. The number of aromatic nitrogens is 1. The van der Waals surface area contributed by atoms with E-state index >= 15 is 0 Å². The molecule has 0 bridgehead atoms. The van der Waals surface area contributed by atoms with E-state index in [9.17, 15) is 9.18 Å². The first-order valence-corrected chi connectivity index (χ1v) is 7.34. The third-order valence-electron chi connectivity index (χ3n) is 3.14. The molecule has 2 aromatic rings. The van der Waals surface area contributed by atoms with E-state index in [2.05, 4.69) is 15.0 Å². The van der Waals surface area contributed by atoms with E-state index in [1.807, 2.05) is 19.2 Å². The van der Waals surface area contributed by atoms with Crippen LogP contribution in [0.5, 0.6) is 0 Å². The summed E-state index contributed by atoms with van der Waals surface area (Å²) in [5.41, 5.74) is 0.399. The molecule has 1 aromatic carbocycles. The lowest BCUT2D eigenvalue weighted by atomic mass is 10.1. The van der Waals surface area contributed by atoms with Crippen molar-refractivity contribution in [1.29, 1.82) is 0 Å². The highest BCUT2D eigenvalue weighted by molar-refractivity contribution is 7.09. The molecule has 1 aromatic heterocycles. The highest BCUT2D eigenvalue weighted by atomic mass is 32.1. The summed E-state index contributed by atoms with van der Waals surface area (Å²) in [6, 6.07) is 4.49. The fourth-order valence-electron chi connectivity index (χ4n) is 1.87. The van der Waals surface area contributed by atoms with E-state index < -0.39 is 11.8 Å². The van der Waals surface area contributed by atoms with Crippen molar-refractivity contribution >= 4 is 17.3 Å². The van der Waals surface area contributed by atoms with Crippen LogP contribution in [-0.2, 0) is 16.8 Å². The number of rotatable bonds is 5. The number of thiazole rings is 1. The average Bonchev–Trinajstić information content (AvgIpc) is 2.99. The Morgan fingerprint density at radius 2 is 2.24 bits per heavy atom. The number of esters is 1. The van der Waals surface area contributed by atoms with E-state index in [4.69, 9.17) is 0 Å². The van der Waals surface area contributed by atoms with Crippen molar-refractivity contribution in [1.82, 2.24) is 10.3 Å². The van der Waals surface area contributed by atoms with Gasteiger partial charge in [-0.3, -0.25) is 0 Å². The summed E-state index contributed by atoms with van der Waals surface area (Å²) in [5, 5.41) is 6.22. The van der Waals surface area contributed by atoms with E-state index in [1.54, 1.807) is 23.6 Å². The van der Waals surface area contributed by atoms with Gasteiger partial charge >= 0.3 is 5.97 Å². The summed E-state index contributed by atoms with van der Waals surface area (Å²) in [5.74, 6) is -1.25. The molecule has 0 aliphatic carbocycles. The normalized spacial score (nSPS) is 11.4. The van der Waals surface area contributed by atoms with Gasteiger partial charge in [-0.15, -0.1) is 11.3 Å². The van der Waals surface area contributed by atoms with Crippen LogP contribution < -0.4 is 5.32 Å². The van der Waals surface area contributed by atoms with E-state index in [-0.39, 0.29) is 11.1 Å². The van der Waals surface area contributed by atoms with Gasteiger partial charge in [0, 0.05) is 18.1 Å². The first kappa shape index (κ1) is 15.6. The van der Waals surface area contributed by atoms with Crippen LogP contribution in [0.15, 0.2) is 29.8 Å². The topological polar surface area (TPSA) is 51.2 Å². The Balaban J connectivity index is 2.07. The van der Waals surface area contributed by atoms with Gasteiger partial charge in [-0.1, -0.05) is 6.07 Å². The average molecular weight is 308 g/mol. The smallest absolute Gasteiger partial charge is 0.340 e. The Kier molecular flexibility index (Phi) is 4.69. The summed E-state index contributed by atoms with van der Waals surface area (Å²) in [6.07, 6.45) is 1.76. The first-order valence-electron chi connectivity index (χ1n) is 6.46. The van der Waals surface area contributed by atoms with Crippen molar-refractivity contribution in [2.24, 2.45) is 0 Å². The first-order chi connectivity index (χ1) is 9.94. The molecule has 0 aliphatic rings. The zero-order valence-corrected chi connectivity index (χ0v) is 13.0. The van der Waals surface area contributed by atoms with Crippen molar-refractivity contribution in [2.75, 3.05) is 7.11 Å². The number of ether oxygens (including phenoxy) is 1. The number of hydrogen-bond acceptors (Lipinski definition) is 5. The Labute approximate surface area is 127 Å². The van der Waals surface area contributed by atoms with Crippen LogP contribution in [0.25, 0.3) is 0 Å². The molecule has 2 rings (SSSR count). The van der Waals surface area contributed by atoms with Gasteiger partial charge in [0.2, 0.25) is 0 Å². The molecular weight excluding hydrogens is 291 g/mol. The van der Waals surface area contributed by atoms with Gasteiger partial charge in [0.05, 0.1) is 18.2 Å². The lowest BCUT2D eigenvalue weighted by Gasteiger charge is -2.24. The van der Waals surface area contributed by atoms with Crippen molar-refractivity contribution in [2.45, 2.75) is 25.9 Å². The maximum absolute atomic E-state index is 13.8. The molecule has 0 spiro atoms. The maximum atomic E-state index is 13.8. The molecule has 0 atom stereocenters. The maximum Gasteiger partial charge on any atom is 0.340 e. The number of methoxy groups -OCH3 is 1. The van der Waals surface area contributed by atoms with Crippen LogP contribution in [0.1, 0.15) is 34.8 Å². The molecule has 1 heterocycles. The lowest BCUT2D eigenvalue weighted by Crippen LogP contribution is -2.35. The molecule has 21 heavy (non-hydrogen) atoms. The molecule has 1 N–H and O–H groups in total. The van der Waals surface area contributed by atoms with Crippen molar-refractivity contribution < 1.29 is 13.9 Å². The zero-order valence-electron chi connectivity index (χ0n) is 12.1. The number of hydrogen-bond donors (Lipinski definition) is 1. The van der Waals surface area contributed by atoms with E-state index in [1.165, 1.54) is 19.2 Å². The Hall–Kier alpha value is -1.79. The summed E-state index contributed by atoms with van der Waals surface area (Å²) in [7, 11) is 1.23. The third-order valence-corrected chi connectivity index (χ3v) is 4.24. The van der Waals surface area contributed by atoms with Gasteiger partial charge in [-0.05, 0) is 31.5 Å². The van der Waals surface area contributed by atoms with Crippen LogP contribution in [-0.4, -0.2) is 18.1 Å². The molecule has 0 saturated carbocycles. The van der Waals surface area contributed by atoms with Crippen molar-refractivity contribution in [3.63, 3.8) is 0 Å². The largest absolute Gasteiger partial charge is 0.465 e. The number of benzene rings is 1. The minimum atomic E-state index is -0.671. The van der Waals surface area contributed by atoms with Gasteiger partial charge in [0.1, 0.15) is 10.8 Å². The summed E-state index contributed by atoms with van der Waals surface area (Å²) in [6.45, 7) is 4.51. The molecule has 4 nitrogen and oxygen atoms in total. The molecule has 6 heteroatoms. The van der Waals surface area contributed by atoms with Crippen LogP contribution in [0.2, 0.25) is 0 Å². The van der Waals surface area contributed by atoms with Crippen LogP contribution >= 0.6 is 11.3 Å². The van der Waals surface area contributed by atoms with Gasteiger partial charge in [-0.25, -0.2) is 14.2 Å². The molecule has 0 aliphatic heterocycles. The summed E-state index contributed by atoms with van der Waals surface area (Å²) in [4.78, 5) is 15.6. The third kappa shape index (κ3) is 3.65. The Morgan fingerprint density at radius 1 is 1.48 bits per heavy atom. The highest BCUT2D eigenvalue weighted by Crippen LogP contribution is 2.22. The van der Waals surface area contributed by atoms with Crippen LogP contribution in [0, 0.1) is 5.82 Å². The molecule has 0 unspecified atom stereocenters. The molecule has 0 radical (unpaired) electrons. The fraction of sp³-hybridized carbons (Fsp3) is 0.333. The van der Waals surface area contributed by atoms with Crippen LogP contribution in [0.4, 0.5) is 4.39 Å². The monoisotopic (exact) mass is 308 g/mol. The van der Waals surface area contributed by atoms with Crippen molar-refractivity contribution in [3.8, 4) is 0 Å². The molecular formula is C15H17FN2O2S. The quantitative estimate of drug-likeness (QED) is 0.862. The standard InChI is InChI=1S/C15H17FN2O2S/c1-15(2,14-17-6-7-21-14)18-9-10-4-5-11(12(16)8-10)13(19)20-3/h4-8,18H,9H2,1-3H3. The van der Waals surface area contributed by atoms with Gasteiger partial charge in [0.25, 0.3) is 0 Å². The SMILES string of the molecule is COC(=O)c1ccc(CNC(C)(C)c2nccs2)cc1F. The summed E-state index contributed by atoms with van der Waals surface area (Å²) >= 11 is 1.57. The minimum absolute atomic E-state index is 0.0552. The second-order valence-electron chi connectivity index (χ2n) is 5.12.